The number of amides is 2. The predicted molar refractivity (Wildman–Crippen MR) is 96.6 cm³/mol. The average Bonchev–Trinajstić information content (AvgIpc) is 3.40. The third kappa shape index (κ3) is 4.71. The summed E-state index contributed by atoms with van der Waals surface area (Å²) in [6, 6.07) is 10.2. The van der Waals surface area contributed by atoms with Gasteiger partial charge in [0.15, 0.2) is 5.82 Å². The van der Waals surface area contributed by atoms with Gasteiger partial charge in [0.25, 0.3) is 0 Å². The Morgan fingerprint density at radius 2 is 1.85 bits per heavy atom. The summed E-state index contributed by atoms with van der Waals surface area (Å²) in [5, 5.41) is 6.79. The minimum atomic E-state index is -0.478. The number of aromatic nitrogens is 2. The molecule has 8 heteroatoms. The van der Waals surface area contributed by atoms with Crippen LogP contribution in [0.4, 0.5) is 0 Å². The number of nitrogens with zero attached hydrogens (tertiary/aromatic N) is 4. The van der Waals surface area contributed by atoms with Gasteiger partial charge < -0.3 is 14.7 Å². The van der Waals surface area contributed by atoms with Crippen molar-refractivity contribution in [1.29, 1.82) is 0 Å². The van der Waals surface area contributed by atoms with Crippen LogP contribution in [0.5, 0.6) is 0 Å². The standard InChI is InChI=1S/C19H23N5O3/c25-18(20-15-6-7-15)19(26)24-10-8-23(9-11-24)13-17-21-16(22-27-17)12-14-4-2-1-3-5-14/h1-5,15H,6-13H2,(H,20,25). The maximum atomic E-state index is 12.2. The van der Waals surface area contributed by atoms with Gasteiger partial charge in [0, 0.05) is 38.6 Å². The van der Waals surface area contributed by atoms with E-state index < -0.39 is 11.8 Å². The highest BCUT2D eigenvalue weighted by Gasteiger charge is 2.30. The van der Waals surface area contributed by atoms with Gasteiger partial charge in [0.1, 0.15) is 0 Å². The van der Waals surface area contributed by atoms with Crippen LogP contribution in [-0.4, -0.2) is 64.0 Å². The van der Waals surface area contributed by atoms with Crippen molar-refractivity contribution in [3.8, 4) is 0 Å². The lowest BCUT2D eigenvalue weighted by molar-refractivity contribution is -0.147. The van der Waals surface area contributed by atoms with Crippen LogP contribution in [-0.2, 0) is 22.6 Å². The molecule has 142 valence electrons. The van der Waals surface area contributed by atoms with Crippen LogP contribution >= 0.6 is 0 Å². The van der Waals surface area contributed by atoms with Gasteiger partial charge in [-0.2, -0.15) is 4.98 Å². The van der Waals surface area contributed by atoms with E-state index >= 15 is 0 Å². The summed E-state index contributed by atoms with van der Waals surface area (Å²) in [5.41, 5.74) is 1.14. The molecule has 0 unspecified atom stereocenters. The van der Waals surface area contributed by atoms with E-state index in [-0.39, 0.29) is 6.04 Å². The van der Waals surface area contributed by atoms with E-state index in [1.807, 2.05) is 30.3 Å². The average molecular weight is 369 g/mol. The Morgan fingerprint density at radius 3 is 2.56 bits per heavy atom. The largest absolute Gasteiger partial charge is 0.345 e. The first-order chi connectivity index (χ1) is 13.2. The van der Waals surface area contributed by atoms with Gasteiger partial charge in [-0.1, -0.05) is 35.5 Å². The monoisotopic (exact) mass is 369 g/mol. The summed E-state index contributed by atoms with van der Waals surface area (Å²) < 4.78 is 5.36. The molecule has 1 saturated carbocycles. The molecule has 8 nitrogen and oxygen atoms in total. The number of nitrogens with one attached hydrogen (secondary N) is 1. The molecular formula is C19H23N5O3. The highest BCUT2D eigenvalue weighted by molar-refractivity contribution is 6.35. The Hall–Kier alpha value is -2.74. The second kappa shape index (κ2) is 7.87. The zero-order chi connectivity index (χ0) is 18.6. The third-order valence-electron chi connectivity index (χ3n) is 4.84. The van der Waals surface area contributed by atoms with E-state index in [2.05, 4.69) is 20.4 Å². The molecule has 1 saturated heterocycles. The summed E-state index contributed by atoms with van der Waals surface area (Å²) in [6.07, 6.45) is 2.59. The first-order valence-corrected chi connectivity index (χ1v) is 9.35. The SMILES string of the molecule is O=C(NC1CC1)C(=O)N1CCN(Cc2nc(Cc3ccccc3)no2)CC1. The zero-order valence-electron chi connectivity index (χ0n) is 15.1. The first-order valence-electron chi connectivity index (χ1n) is 9.35. The minimum absolute atomic E-state index is 0.199. The summed E-state index contributed by atoms with van der Waals surface area (Å²) in [7, 11) is 0. The quantitative estimate of drug-likeness (QED) is 0.776. The summed E-state index contributed by atoms with van der Waals surface area (Å²) in [6.45, 7) is 2.97. The molecule has 0 radical (unpaired) electrons. The topological polar surface area (TPSA) is 91.6 Å². The van der Waals surface area contributed by atoms with E-state index in [0.29, 0.717) is 50.9 Å². The van der Waals surface area contributed by atoms with Crippen LogP contribution < -0.4 is 5.32 Å². The molecule has 1 aliphatic carbocycles. The molecule has 0 spiro atoms. The van der Waals surface area contributed by atoms with Crippen LogP contribution in [0, 0.1) is 0 Å². The van der Waals surface area contributed by atoms with Gasteiger partial charge in [0.2, 0.25) is 5.89 Å². The molecule has 2 fully saturated rings. The Labute approximate surface area is 157 Å². The number of benzene rings is 1. The number of hydrogen-bond acceptors (Lipinski definition) is 6. The number of carbonyl (C=O) groups excluding carboxylic acids is 2. The summed E-state index contributed by atoms with van der Waals surface area (Å²) >= 11 is 0. The molecule has 1 N–H and O–H groups in total. The van der Waals surface area contributed by atoms with Gasteiger partial charge in [0.05, 0.1) is 6.54 Å². The second-order valence-corrected chi connectivity index (χ2v) is 7.08. The van der Waals surface area contributed by atoms with Crippen molar-refractivity contribution < 1.29 is 14.1 Å². The van der Waals surface area contributed by atoms with E-state index in [4.69, 9.17) is 4.52 Å². The van der Waals surface area contributed by atoms with Crippen LogP contribution in [0.15, 0.2) is 34.9 Å². The Balaban J connectivity index is 1.24. The van der Waals surface area contributed by atoms with Crippen molar-refractivity contribution in [2.75, 3.05) is 26.2 Å². The molecule has 27 heavy (non-hydrogen) atoms. The number of piperazine rings is 1. The molecule has 0 atom stereocenters. The molecule has 1 aromatic heterocycles. The van der Waals surface area contributed by atoms with Crippen LogP contribution in [0.2, 0.25) is 0 Å². The first kappa shape index (κ1) is 17.7. The van der Waals surface area contributed by atoms with Crippen molar-refractivity contribution in [1.82, 2.24) is 25.3 Å². The van der Waals surface area contributed by atoms with Crippen LogP contribution in [0.1, 0.15) is 30.1 Å². The predicted octanol–water partition coefficient (Wildman–Crippen LogP) is 0.583. The fraction of sp³-hybridized carbons (Fsp3) is 0.474. The third-order valence-corrected chi connectivity index (χ3v) is 4.84. The van der Waals surface area contributed by atoms with Crippen molar-refractivity contribution in [3.63, 3.8) is 0 Å². The Kier molecular flexibility index (Phi) is 5.15. The molecular weight excluding hydrogens is 346 g/mol. The smallest absolute Gasteiger partial charge is 0.311 e. The molecule has 2 amide bonds. The fourth-order valence-electron chi connectivity index (χ4n) is 3.12. The van der Waals surface area contributed by atoms with Crippen molar-refractivity contribution in [2.45, 2.75) is 31.8 Å². The maximum Gasteiger partial charge on any atom is 0.311 e. The minimum Gasteiger partial charge on any atom is -0.345 e. The summed E-state index contributed by atoms with van der Waals surface area (Å²) in [4.78, 5) is 32.3. The molecule has 4 rings (SSSR count). The van der Waals surface area contributed by atoms with Crippen molar-refractivity contribution >= 4 is 11.8 Å². The fourth-order valence-corrected chi connectivity index (χ4v) is 3.12. The molecule has 2 aliphatic rings. The highest BCUT2D eigenvalue weighted by atomic mass is 16.5. The lowest BCUT2D eigenvalue weighted by Crippen LogP contribution is -2.52. The lowest BCUT2D eigenvalue weighted by Gasteiger charge is -2.33. The number of rotatable bonds is 5. The maximum absolute atomic E-state index is 12.2. The molecule has 1 aliphatic heterocycles. The van der Waals surface area contributed by atoms with Gasteiger partial charge in [-0.15, -0.1) is 0 Å². The number of carbonyl (C=O) groups is 2. The lowest BCUT2D eigenvalue weighted by atomic mass is 10.1. The van der Waals surface area contributed by atoms with Gasteiger partial charge in [-0.25, -0.2) is 0 Å². The van der Waals surface area contributed by atoms with E-state index in [1.165, 1.54) is 0 Å². The van der Waals surface area contributed by atoms with Gasteiger partial charge >= 0.3 is 11.8 Å². The van der Waals surface area contributed by atoms with Crippen LogP contribution in [0.3, 0.4) is 0 Å². The van der Waals surface area contributed by atoms with Crippen molar-refractivity contribution in [2.24, 2.45) is 0 Å². The Morgan fingerprint density at radius 1 is 1.11 bits per heavy atom. The molecule has 0 bridgehead atoms. The normalized spacial score (nSPS) is 17.7. The Bertz CT molecular complexity index is 795. The van der Waals surface area contributed by atoms with E-state index in [9.17, 15) is 9.59 Å². The molecule has 2 aromatic rings. The van der Waals surface area contributed by atoms with Gasteiger partial charge in [-0.3, -0.25) is 14.5 Å². The van der Waals surface area contributed by atoms with E-state index in [1.54, 1.807) is 4.90 Å². The van der Waals surface area contributed by atoms with Gasteiger partial charge in [-0.05, 0) is 18.4 Å². The second-order valence-electron chi connectivity index (χ2n) is 7.08. The number of hydrogen-bond donors (Lipinski definition) is 1. The highest BCUT2D eigenvalue weighted by Crippen LogP contribution is 2.18. The van der Waals surface area contributed by atoms with Crippen LogP contribution in [0.25, 0.3) is 0 Å². The molecule has 1 aromatic carbocycles. The summed E-state index contributed by atoms with van der Waals surface area (Å²) in [5.74, 6) is 0.340. The zero-order valence-corrected chi connectivity index (χ0v) is 15.1. The van der Waals surface area contributed by atoms with Crippen molar-refractivity contribution in [3.05, 3.63) is 47.6 Å². The molecule has 2 heterocycles. The van der Waals surface area contributed by atoms with E-state index in [0.717, 1.165) is 18.4 Å².